The molecule has 3 unspecified atom stereocenters. The first-order valence-electron chi connectivity index (χ1n) is 13.3. The summed E-state index contributed by atoms with van der Waals surface area (Å²) < 4.78 is 94.0. The summed E-state index contributed by atoms with van der Waals surface area (Å²) in [6.45, 7) is 3.49. The van der Waals surface area contributed by atoms with Crippen molar-refractivity contribution in [3.8, 4) is 11.3 Å². The van der Waals surface area contributed by atoms with Gasteiger partial charge in [0.25, 0.3) is 5.56 Å². The second-order valence-corrected chi connectivity index (χ2v) is 12.7. The molecule has 43 heavy (non-hydrogen) atoms. The molecule has 1 saturated carbocycles. The van der Waals surface area contributed by atoms with Crippen LogP contribution in [0, 0.1) is 5.82 Å². The molecule has 4 rings (SSSR count). The minimum absolute atomic E-state index is 0. The average Bonchev–Trinajstić information content (AvgIpc) is 2.87. The van der Waals surface area contributed by atoms with E-state index in [1.807, 2.05) is 19.0 Å². The van der Waals surface area contributed by atoms with E-state index in [0.29, 0.717) is 12.8 Å². The maximum atomic E-state index is 14.9. The van der Waals surface area contributed by atoms with Gasteiger partial charge in [0.05, 0.1) is 24.1 Å². The number of halogens is 6. The van der Waals surface area contributed by atoms with Crippen LogP contribution in [0.1, 0.15) is 45.6 Å². The van der Waals surface area contributed by atoms with Gasteiger partial charge in [0, 0.05) is 30.1 Å². The lowest BCUT2D eigenvalue weighted by Gasteiger charge is -2.35. The van der Waals surface area contributed by atoms with Crippen LogP contribution in [-0.4, -0.2) is 77.1 Å². The molecule has 1 aliphatic rings. The van der Waals surface area contributed by atoms with Crippen molar-refractivity contribution in [2.45, 2.75) is 70.0 Å². The van der Waals surface area contributed by atoms with E-state index in [1.54, 1.807) is 18.6 Å². The van der Waals surface area contributed by atoms with E-state index in [2.05, 4.69) is 20.3 Å². The Labute approximate surface area is 251 Å². The van der Waals surface area contributed by atoms with Crippen LogP contribution in [0.2, 0.25) is 0 Å². The van der Waals surface area contributed by atoms with E-state index in [-0.39, 0.29) is 59.3 Å². The van der Waals surface area contributed by atoms with Gasteiger partial charge < -0.3 is 10.2 Å². The summed E-state index contributed by atoms with van der Waals surface area (Å²) in [7, 11) is -0.796. The summed E-state index contributed by atoms with van der Waals surface area (Å²) in [6, 6.07) is 2.35. The van der Waals surface area contributed by atoms with E-state index in [0.717, 1.165) is 12.1 Å². The third-order valence-corrected chi connectivity index (χ3v) is 8.32. The highest BCUT2D eigenvalue weighted by atomic mass is 35.5. The van der Waals surface area contributed by atoms with Crippen LogP contribution in [0.3, 0.4) is 0 Å². The number of nitrogens with one attached hydrogen (secondary N) is 2. The first kappa shape index (κ1) is 34.4. The summed E-state index contributed by atoms with van der Waals surface area (Å²) in [5.74, 6) is -2.17. The molecule has 2 aromatic heterocycles. The standard InChI is InChI=1S/C26H32F5N7O3S.ClH/c1-14(2)38-23-20(13-32-25(35-23)33-16-6-8-21(37(3)4)18(28)12-16)34-22(24(38)39)15-5-7-19(17(27)11-15)36-42(40,41)10-9-26(29,30)31;/h5,7,11,13-14,16,18,21,36H,6,8-10,12H2,1-4H3,(H,32,33,35);1H. The fraction of sp³-hybridized carbons (Fsp3) is 0.538. The number of alkyl halides is 4. The van der Waals surface area contributed by atoms with Crippen LogP contribution in [0.15, 0.2) is 29.2 Å². The largest absolute Gasteiger partial charge is 0.390 e. The van der Waals surface area contributed by atoms with E-state index in [9.17, 15) is 35.2 Å². The van der Waals surface area contributed by atoms with Gasteiger partial charge in [0.15, 0.2) is 5.65 Å². The summed E-state index contributed by atoms with van der Waals surface area (Å²) >= 11 is 0. The van der Waals surface area contributed by atoms with Gasteiger partial charge in [-0.25, -0.2) is 27.2 Å². The average molecular weight is 654 g/mol. The van der Waals surface area contributed by atoms with Crippen molar-refractivity contribution in [1.82, 2.24) is 24.4 Å². The Morgan fingerprint density at radius 1 is 1.16 bits per heavy atom. The zero-order chi connectivity index (χ0) is 31.0. The van der Waals surface area contributed by atoms with Crippen LogP contribution < -0.4 is 15.6 Å². The monoisotopic (exact) mass is 653 g/mol. The Morgan fingerprint density at radius 2 is 1.86 bits per heavy atom. The van der Waals surface area contributed by atoms with Crippen molar-refractivity contribution < 1.29 is 30.4 Å². The summed E-state index contributed by atoms with van der Waals surface area (Å²) in [4.78, 5) is 28.5. The molecule has 1 aliphatic carbocycles. The van der Waals surface area contributed by atoms with E-state index < -0.39 is 57.7 Å². The highest BCUT2D eigenvalue weighted by molar-refractivity contribution is 7.92. The summed E-state index contributed by atoms with van der Waals surface area (Å²) in [5, 5.41) is 3.15. The lowest BCUT2D eigenvalue weighted by atomic mass is 9.89. The summed E-state index contributed by atoms with van der Waals surface area (Å²) in [5.41, 5.74) is -0.880. The van der Waals surface area contributed by atoms with Gasteiger partial charge in [-0.2, -0.15) is 18.2 Å². The Morgan fingerprint density at radius 3 is 2.44 bits per heavy atom. The lowest BCUT2D eigenvalue weighted by Crippen LogP contribution is -2.44. The summed E-state index contributed by atoms with van der Waals surface area (Å²) in [6.07, 6.45) is -4.27. The number of hydrogen-bond acceptors (Lipinski definition) is 8. The highest BCUT2D eigenvalue weighted by Crippen LogP contribution is 2.28. The number of hydrogen-bond donors (Lipinski definition) is 2. The maximum Gasteiger partial charge on any atom is 0.390 e. The molecule has 0 radical (unpaired) electrons. The van der Waals surface area contributed by atoms with Gasteiger partial charge in [-0.1, -0.05) is 6.07 Å². The molecular formula is C26H33ClF5N7O3S. The van der Waals surface area contributed by atoms with Gasteiger partial charge in [-0.05, 0) is 52.9 Å². The van der Waals surface area contributed by atoms with Crippen molar-refractivity contribution in [1.29, 1.82) is 0 Å². The van der Waals surface area contributed by atoms with Crippen molar-refractivity contribution in [3.63, 3.8) is 0 Å². The quantitative estimate of drug-likeness (QED) is 0.312. The molecule has 2 N–H and O–H groups in total. The van der Waals surface area contributed by atoms with Crippen LogP contribution >= 0.6 is 12.4 Å². The minimum atomic E-state index is -4.70. The molecule has 3 aromatic rings. The fourth-order valence-electron chi connectivity index (χ4n) is 4.95. The lowest BCUT2D eigenvalue weighted by molar-refractivity contribution is -0.129. The number of anilines is 2. The van der Waals surface area contributed by atoms with Crippen LogP contribution in [-0.2, 0) is 10.0 Å². The van der Waals surface area contributed by atoms with Crippen LogP contribution in [0.25, 0.3) is 22.4 Å². The molecule has 17 heteroatoms. The van der Waals surface area contributed by atoms with Gasteiger partial charge in [-0.15, -0.1) is 12.4 Å². The number of aromatic nitrogens is 4. The predicted octanol–water partition coefficient (Wildman–Crippen LogP) is 4.92. The Balaban J connectivity index is 0.00000506. The van der Waals surface area contributed by atoms with Gasteiger partial charge >= 0.3 is 6.18 Å². The minimum Gasteiger partial charge on any atom is -0.351 e. The molecule has 1 aromatic carbocycles. The van der Waals surface area contributed by atoms with Crippen molar-refractivity contribution in [2.75, 3.05) is 29.9 Å². The molecule has 3 atom stereocenters. The van der Waals surface area contributed by atoms with Crippen molar-refractivity contribution in [2.24, 2.45) is 0 Å². The predicted molar refractivity (Wildman–Crippen MR) is 156 cm³/mol. The number of fused-ring (bicyclic) bond motifs is 1. The first-order chi connectivity index (χ1) is 19.5. The number of nitrogens with zero attached hydrogens (tertiary/aromatic N) is 5. The molecule has 10 nitrogen and oxygen atoms in total. The third-order valence-electron chi connectivity index (χ3n) is 7.05. The topological polar surface area (TPSA) is 122 Å². The van der Waals surface area contributed by atoms with Crippen LogP contribution in [0.5, 0.6) is 0 Å². The first-order valence-corrected chi connectivity index (χ1v) is 14.9. The molecular weight excluding hydrogens is 621 g/mol. The number of benzene rings is 1. The molecule has 0 amide bonds. The molecule has 0 aliphatic heterocycles. The zero-order valence-electron chi connectivity index (χ0n) is 23.8. The SMILES string of the molecule is CC(C)n1c(=O)c(-c2ccc(NS(=O)(=O)CCC(F)(F)F)c(F)c2)nc2cnc(NC3CCC(N(C)C)C(F)C3)nc21.Cl. The van der Waals surface area contributed by atoms with E-state index >= 15 is 0 Å². The molecule has 0 bridgehead atoms. The van der Waals surface area contributed by atoms with Gasteiger partial charge in [-0.3, -0.25) is 14.1 Å². The van der Waals surface area contributed by atoms with E-state index in [4.69, 9.17) is 0 Å². The van der Waals surface area contributed by atoms with Crippen molar-refractivity contribution in [3.05, 3.63) is 40.6 Å². The number of rotatable bonds is 9. The fourth-order valence-corrected chi connectivity index (χ4v) is 6.05. The molecule has 0 saturated heterocycles. The van der Waals surface area contributed by atoms with Gasteiger partial charge in [0.2, 0.25) is 16.0 Å². The smallest absolute Gasteiger partial charge is 0.351 e. The second kappa shape index (κ2) is 13.3. The Hall–Kier alpha value is -3.11. The molecule has 2 heterocycles. The maximum absolute atomic E-state index is 14.9. The zero-order valence-corrected chi connectivity index (χ0v) is 25.5. The van der Waals surface area contributed by atoms with Gasteiger partial charge in [0.1, 0.15) is 23.2 Å². The molecule has 0 spiro atoms. The molecule has 238 valence electrons. The van der Waals surface area contributed by atoms with Crippen molar-refractivity contribution >= 4 is 45.2 Å². The molecule has 1 fully saturated rings. The number of sulfonamides is 1. The Kier molecular flexibility index (Phi) is 10.6. The van der Waals surface area contributed by atoms with Crippen LogP contribution in [0.4, 0.5) is 33.6 Å². The third kappa shape index (κ3) is 8.29. The Bertz CT molecular complexity index is 1620. The van der Waals surface area contributed by atoms with E-state index in [1.165, 1.54) is 16.8 Å². The highest BCUT2D eigenvalue weighted by Gasteiger charge is 2.32. The second-order valence-electron chi connectivity index (χ2n) is 10.8. The normalized spacial score (nSPS) is 19.5.